The molecule has 1 aliphatic heterocycles. The van der Waals surface area contributed by atoms with E-state index in [1.165, 1.54) is 29.5 Å². The summed E-state index contributed by atoms with van der Waals surface area (Å²) in [6.45, 7) is 1.42. The minimum absolute atomic E-state index is 0.107. The summed E-state index contributed by atoms with van der Waals surface area (Å²) in [5.74, 6) is -1.96. The smallest absolute Gasteiger partial charge is 0.338 e. The number of amides is 2. The van der Waals surface area contributed by atoms with Gasteiger partial charge >= 0.3 is 5.97 Å². The molecule has 0 atom stereocenters. The highest BCUT2D eigenvalue weighted by Crippen LogP contribution is 2.31. The predicted octanol–water partition coefficient (Wildman–Crippen LogP) is 3.90. The number of benzene rings is 2. The molecular weight excluding hydrogens is 390 g/mol. The maximum Gasteiger partial charge on any atom is 0.338 e. The van der Waals surface area contributed by atoms with Gasteiger partial charge in [0.2, 0.25) is 5.78 Å². The molecule has 2 amide bonds. The minimum atomic E-state index is -0.729. The Bertz CT molecular complexity index is 1150. The van der Waals surface area contributed by atoms with E-state index in [-0.39, 0.29) is 22.5 Å². The van der Waals surface area contributed by atoms with Crippen LogP contribution >= 0.6 is 11.3 Å². The first-order valence-electron chi connectivity index (χ1n) is 8.79. The third-order valence-corrected chi connectivity index (χ3v) is 5.52. The van der Waals surface area contributed by atoms with Crippen LogP contribution in [-0.2, 0) is 4.74 Å². The average molecular weight is 405 g/mol. The van der Waals surface area contributed by atoms with Gasteiger partial charge in [-0.25, -0.2) is 9.69 Å². The number of carbonyl (C=O) groups is 4. The Balaban J connectivity index is 1.55. The first kappa shape index (κ1) is 18.8. The lowest BCUT2D eigenvalue weighted by molar-refractivity contribution is 0.0475. The molecule has 0 saturated carbocycles. The first-order valence-corrected chi connectivity index (χ1v) is 9.67. The number of aryl methyl sites for hydroxylation is 1. The fourth-order valence-electron chi connectivity index (χ4n) is 3.12. The lowest BCUT2D eigenvalue weighted by Crippen LogP contribution is -2.29. The molecule has 1 aromatic heterocycles. The van der Waals surface area contributed by atoms with E-state index in [1.807, 2.05) is 19.1 Å². The summed E-state index contributed by atoms with van der Waals surface area (Å²) in [6.07, 6.45) is 0. The third kappa shape index (κ3) is 3.36. The number of para-hydroxylation sites is 1. The SMILES string of the molecule is Cc1ccccc1N1C(=O)c2ccc(C(=O)OCC(=O)c3cccs3)cc2C1=O. The Morgan fingerprint density at radius 2 is 1.72 bits per heavy atom. The molecule has 6 nitrogen and oxygen atoms in total. The largest absolute Gasteiger partial charge is 0.454 e. The molecule has 0 unspecified atom stereocenters. The van der Waals surface area contributed by atoms with Crippen LogP contribution in [0.4, 0.5) is 5.69 Å². The summed E-state index contributed by atoms with van der Waals surface area (Å²) in [7, 11) is 0. The molecule has 1 aliphatic rings. The molecule has 0 aliphatic carbocycles. The predicted molar refractivity (Wildman–Crippen MR) is 108 cm³/mol. The van der Waals surface area contributed by atoms with Gasteiger partial charge in [0.1, 0.15) is 0 Å². The van der Waals surface area contributed by atoms with Crippen molar-refractivity contribution in [2.75, 3.05) is 11.5 Å². The van der Waals surface area contributed by atoms with E-state index in [4.69, 9.17) is 4.74 Å². The maximum atomic E-state index is 12.9. The van der Waals surface area contributed by atoms with Crippen molar-refractivity contribution in [3.05, 3.63) is 87.1 Å². The van der Waals surface area contributed by atoms with Crippen molar-refractivity contribution in [3.8, 4) is 0 Å². The number of anilines is 1. The van der Waals surface area contributed by atoms with Crippen LogP contribution in [0.5, 0.6) is 0 Å². The quantitative estimate of drug-likeness (QED) is 0.365. The second-order valence-corrected chi connectivity index (χ2v) is 7.42. The Hall–Kier alpha value is -3.58. The molecule has 2 aromatic carbocycles. The summed E-state index contributed by atoms with van der Waals surface area (Å²) < 4.78 is 5.07. The van der Waals surface area contributed by atoms with Crippen molar-refractivity contribution in [3.63, 3.8) is 0 Å². The van der Waals surface area contributed by atoms with Gasteiger partial charge in [0, 0.05) is 0 Å². The first-order chi connectivity index (χ1) is 14.0. The van der Waals surface area contributed by atoms with Gasteiger partial charge in [-0.1, -0.05) is 24.3 Å². The molecule has 0 N–H and O–H groups in total. The molecule has 0 spiro atoms. The van der Waals surface area contributed by atoms with Crippen LogP contribution in [0.3, 0.4) is 0 Å². The average Bonchev–Trinajstić information content (AvgIpc) is 3.34. The molecule has 29 heavy (non-hydrogen) atoms. The van der Waals surface area contributed by atoms with Crippen molar-refractivity contribution in [1.29, 1.82) is 0 Å². The Labute approximate surface area is 170 Å². The van der Waals surface area contributed by atoms with Crippen LogP contribution in [-0.4, -0.2) is 30.2 Å². The molecule has 3 aromatic rings. The summed E-state index contributed by atoms with van der Waals surface area (Å²) in [4.78, 5) is 51.5. The van der Waals surface area contributed by atoms with Gasteiger partial charge in [-0.2, -0.15) is 0 Å². The van der Waals surface area contributed by atoms with Crippen molar-refractivity contribution in [1.82, 2.24) is 0 Å². The van der Waals surface area contributed by atoms with Crippen molar-refractivity contribution in [2.45, 2.75) is 6.92 Å². The van der Waals surface area contributed by atoms with Crippen LogP contribution < -0.4 is 4.90 Å². The monoisotopic (exact) mass is 405 g/mol. The summed E-state index contributed by atoms with van der Waals surface area (Å²) in [5.41, 5.74) is 1.76. The number of ketones is 1. The highest BCUT2D eigenvalue weighted by Gasteiger charge is 2.37. The maximum absolute atomic E-state index is 12.9. The number of rotatable bonds is 5. The van der Waals surface area contributed by atoms with E-state index >= 15 is 0 Å². The Morgan fingerprint density at radius 1 is 0.966 bits per heavy atom. The highest BCUT2D eigenvalue weighted by atomic mass is 32.1. The van der Waals surface area contributed by atoms with Gasteiger partial charge in [-0.05, 0) is 48.2 Å². The van der Waals surface area contributed by atoms with Gasteiger partial charge in [0.15, 0.2) is 6.61 Å². The molecule has 0 saturated heterocycles. The number of ether oxygens (including phenoxy) is 1. The summed E-state index contributed by atoms with van der Waals surface area (Å²) in [5, 5.41) is 1.76. The van der Waals surface area contributed by atoms with Crippen LogP contribution in [0.1, 0.15) is 46.3 Å². The van der Waals surface area contributed by atoms with Crippen LogP contribution in [0.15, 0.2) is 60.0 Å². The molecule has 144 valence electrons. The lowest BCUT2D eigenvalue weighted by atomic mass is 10.1. The number of Topliss-reactive ketones (excluding diaryl/α,β-unsaturated/α-hetero) is 1. The van der Waals surface area contributed by atoms with Gasteiger partial charge in [0.05, 0.1) is 27.3 Å². The zero-order valence-electron chi connectivity index (χ0n) is 15.4. The van der Waals surface area contributed by atoms with Gasteiger partial charge in [-0.15, -0.1) is 11.3 Å². The van der Waals surface area contributed by atoms with Crippen molar-refractivity contribution in [2.24, 2.45) is 0 Å². The second-order valence-electron chi connectivity index (χ2n) is 6.47. The summed E-state index contributed by atoms with van der Waals surface area (Å²) in [6, 6.07) is 14.7. The van der Waals surface area contributed by atoms with Crippen molar-refractivity contribution >= 4 is 40.6 Å². The number of imide groups is 1. The Kier molecular flexibility index (Phi) is 4.82. The standard InChI is InChI=1S/C22H15NO5S/c1-13-5-2-3-6-17(13)23-20(25)15-9-8-14(11-16(15)21(23)26)22(27)28-12-18(24)19-7-4-10-29-19/h2-11H,12H2,1H3. The van der Waals surface area contributed by atoms with Crippen LogP contribution in [0, 0.1) is 6.92 Å². The highest BCUT2D eigenvalue weighted by molar-refractivity contribution is 7.12. The van der Waals surface area contributed by atoms with Gasteiger partial charge in [-0.3, -0.25) is 14.4 Å². The zero-order valence-corrected chi connectivity index (χ0v) is 16.2. The van der Waals surface area contributed by atoms with E-state index in [0.717, 1.165) is 10.5 Å². The number of hydrogen-bond donors (Lipinski definition) is 0. The summed E-state index contributed by atoms with van der Waals surface area (Å²) >= 11 is 1.27. The number of carbonyl (C=O) groups excluding carboxylic acids is 4. The van der Waals surface area contributed by atoms with E-state index in [9.17, 15) is 19.2 Å². The normalized spacial score (nSPS) is 12.8. The number of nitrogens with zero attached hydrogens (tertiary/aromatic N) is 1. The minimum Gasteiger partial charge on any atom is -0.454 e. The fraction of sp³-hybridized carbons (Fsp3) is 0.0909. The molecule has 7 heteroatoms. The van der Waals surface area contributed by atoms with E-state index < -0.39 is 24.4 Å². The van der Waals surface area contributed by atoms with E-state index in [2.05, 4.69) is 0 Å². The molecule has 2 heterocycles. The van der Waals surface area contributed by atoms with Crippen LogP contribution in [0.2, 0.25) is 0 Å². The lowest BCUT2D eigenvalue weighted by Gasteiger charge is -2.16. The van der Waals surface area contributed by atoms with E-state index in [1.54, 1.807) is 29.6 Å². The molecule has 0 bridgehead atoms. The molecule has 4 rings (SSSR count). The molecule has 0 radical (unpaired) electrons. The number of fused-ring (bicyclic) bond motifs is 1. The number of esters is 1. The van der Waals surface area contributed by atoms with Gasteiger partial charge < -0.3 is 4.74 Å². The molecular formula is C22H15NO5S. The van der Waals surface area contributed by atoms with Gasteiger partial charge in [0.25, 0.3) is 11.8 Å². The topological polar surface area (TPSA) is 80.8 Å². The van der Waals surface area contributed by atoms with Crippen molar-refractivity contribution < 1.29 is 23.9 Å². The zero-order chi connectivity index (χ0) is 20.5. The fourth-order valence-corrected chi connectivity index (χ4v) is 3.77. The Morgan fingerprint density at radius 3 is 2.45 bits per heavy atom. The second kappa shape index (κ2) is 7.44. The number of thiophene rings is 1. The van der Waals surface area contributed by atoms with E-state index in [0.29, 0.717) is 10.6 Å². The third-order valence-electron chi connectivity index (χ3n) is 4.61. The van der Waals surface area contributed by atoms with Crippen LogP contribution in [0.25, 0.3) is 0 Å². The molecule has 0 fully saturated rings. The number of hydrogen-bond acceptors (Lipinski definition) is 6.